The minimum Gasteiger partial charge on any atom is -0.481 e. The summed E-state index contributed by atoms with van der Waals surface area (Å²) in [5.74, 6) is 1.32. The summed E-state index contributed by atoms with van der Waals surface area (Å²) in [6.45, 7) is 4.87. The molecular formula is C19H28N4O3. The third-order valence-electron chi connectivity index (χ3n) is 4.86. The molecule has 0 saturated heterocycles. The van der Waals surface area contributed by atoms with Gasteiger partial charge in [0.25, 0.3) is 0 Å². The number of rotatable bonds is 12. The van der Waals surface area contributed by atoms with Gasteiger partial charge >= 0.3 is 5.97 Å². The van der Waals surface area contributed by atoms with Gasteiger partial charge < -0.3 is 14.9 Å². The predicted octanol–water partition coefficient (Wildman–Crippen LogP) is 3.72. The third kappa shape index (κ3) is 6.13. The molecule has 2 aromatic rings. The average Bonchev–Trinajstić information content (AvgIpc) is 3.08. The van der Waals surface area contributed by atoms with Gasteiger partial charge in [-0.3, -0.25) is 4.79 Å². The van der Waals surface area contributed by atoms with Crippen molar-refractivity contribution in [3.05, 3.63) is 36.1 Å². The lowest BCUT2D eigenvalue weighted by Crippen LogP contribution is -2.26. The van der Waals surface area contributed by atoms with Gasteiger partial charge in [-0.15, -0.1) is 0 Å². The Labute approximate surface area is 154 Å². The minimum absolute atomic E-state index is 0.122. The first-order valence-electron chi connectivity index (χ1n) is 9.25. The summed E-state index contributed by atoms with van der Waals surface area (Å²) in [4.78, 5) is 19.8. The number of aryl methyl sites for hydroxylation is 1. The molecule has 26 heavy (non-hydrogen) atoms. The number of unbranched alkanes of at least 4 members (excludes halogenated alkanes) is 1. The molecule has 2 aromatic heterocycles. The number of carbonyl (C=O) groups is 1. The zero-order valence-corrected chi connectivity index (χ0v) is 15.6. The van der Waals surface area contributed by atoms with Gasteiger partial charge in [0.1, 0.15) is 5.82 Å². The summed E-state index contributed by atoms with van der Waals surface area (Å²) in [6, 6.07) is 5.78. The van der Waals surface area contributed by atoms with E-state index >= 15 is 0 Å². The van der Waals surface area contributed by atoms with Crippen LogP contribution in [0, 0.1) is 5.41 Å². The van der Waals surface area contributed by atoms with Crippen molar-refractivity contribution in [2.24, 2.45) is 5.41 Å². The molecule has 142 valence electrons. The first-order valence-corrected chi connectivity index (χ1v) is 9.25. The van der Waals surface area contributed by atoms with E-state index in [9.17, 15) is 4.79 Å². The molecule has 7 nitrogen and oxygen atoms in total. The van der Waals surface area contributed by atoms with Crippen LogP contribution in [0.4, 0.5) is 5.82 Å². The molecular weight excluding hydrogens is 332 g/mol. The highest BCUT2D eigenvalue weighted by Gasteiger charge is 2.31. The maximum atomic E-state index is 11.2. The molecule has 0 radical (unpaired) electrons. The second-order valence-electron chi connectivity index (χ2n) is 6.66. The van der Waals surface area contributed by atoms with Crippen LogP contribution in [0.5, 0.6) is 0 Å². The molecule has 7 heteroatoms. The monoisotopic (exact) mass is 360 g/mol. The molecule has 0 saturated carbocycles. The molecule has 0 aromatic carbocycles. The maximum Gasteiger partial charge on any atom is 0.303 e. The number of nitrogens with zero attached hydrogens (tertiary/aromatic N) is 3. The van der Waals surface area contributed by atoms with Crippen LogP contribution in [0.25, 0.3) is 0 Å². The lowest BCUT2D eigenvalue weighted by Gasteiger charge is -2.28. The van der Waals surface area contributed by atoms with Gasteiger partial charge in [0.15, 0.2) is 5.82 Å². The summed E-state index contributed by atoms with van der Waals surface area (Å²) in [6.07, 6.45) is 6.61. The molecule has 2 rings (SSSR count). The molecule has 2 heterocycles. The predicted molar refractivity (Wildman–Crippen MR) is 98.9 cm³/mol. The van der Waals surface area contributed by atoms with E-state index in [1.54, 1.807) is 6.20 Å². The quantitative estimate of drug-likeness (QED) is 0.556. The largest absolute Gasteiger partial charge is 0.481 e. The molecule has 0 unspecified atom stereocenters. The smallest absolute Gasteiger partial charge is 0.303 e. The van der Waals surface area contributed by atoms with Gasteiger partial charge in [0, 0.05) is 25.6 Å². The Morgan fingerprint density at radius 3 is 2.73 bits per heavy atom. The number of anilines is 1. The Bertz CT molecular complexity index is 668. The first-order chi connectivity index (χ1) is 12.6. The number of aromatic nitrogens is 3. The van der Waals surface area contributed by atoms with Crippen molar-refractivity contribution in [3.8, 4) is 0 Å². The number of hydrogen-bond donors (Lipinski definition) is 2. The van der Waals surface area contributed by atoms with Gasteiger partial charge in [-0.1, -0.05) is 25.1 Å². The highest BCUT2D eigenvalue weighted by atomic mass is 16.5. The Morgan fingerprint density at radius 1 is 1.27 bits per heavy atom. The summed E-state index contributed by atoms with van der Waals surface area (Å²) in [5.41, 5.74) is -0.317. The number of carboxylic acids is 1. The van der Waals surface area contributed by atoms with E-state index in [0.717, 1.165) is 44.5 Å². The fraction of sp³-hybridized carbons (Fsp3) is 0.579. The van der Waals surface area contributed by atoms with E-state index in [4.69, 9.17) is 9.63 Å². The fourth-order valence-electron chi connectivity index (χ4n) is 3.01. The molecule has 2 N–H and O–H groups in total. The Balaban J connectivity index is 1.77. The summed E-state index contributed by atoms with van der Waals surface area (Å²) in [7, 11) is 0. The number of aliphatic carboxylic acids is 1. The SMILES string of the molecule is CCC(CC)(CC(=O)O)Cc1nc(CCCCNc2ccccn2)no1. The number of hydrogen-bond acceptors (Lipinski definition) is 6. The van der Waals surface area contributed by atoms with Crippen LogP contribution in [0.1, 0.15) is 57.7 Å². The molecule has 0 spiro atoms. The molecule has 0 bridgehead atoms. The van der Waals surface area contributed by atoms with Gasteiger partial charge in [-0.2, -0.15) is 4.98 Å². The van der Waals surface area contributed by atoms with Crippen LogP contribution in [0.15, 0.2) is 28.9 Å². The van der Waals surface area contributed by atoms with Crippen molar-refractivity contribution >= 4 is 11.8 Å². The zero-order chi connectivity index (χ0) is 18.8. The van der Waals surface area contributed by atoms with Gasteiger partial charge in [-0.25, -0.2) is 4.98 Å². The lowest BCUT2D eigenvalue weighted by atomic mass is 9.76. The topological polar surface area (TPSA) is 101 Å². The van der Waals surface area contributed by atoms with Gasteiger partial charge in [0.05, 0.1) is 6.42 Å². The highest BCUT2D eigenvalue weighted by molar-refractivity contribution is 5.67. The van der Waals surface area contributed by atoms with Gasteiger partial charge in [-0.05, 0) is 43.2 Å². The van der Waals surface area contributed by atoms with E-state index in [2.05, 4.69) is 20.4 Å². The highest BCUT2D eigenvalue weighted by Crippen LogP contribution is 2.34. The van der Waals surface area contributed by atoms with Crippen molar-refractivity contribution in [2.75, 3.05) is 11.9 Å². The van der Waals surface area contributed by atoms with Crippen LogP contribution in [-0.2, 0) is 17.6 Å². The minimum atomic E-state index is -0.783. The number of pyridine rings is 1. The molecule has 0 aliphatic carbocycles. The average molecular weight is 360 g/mol. The maximum absolute atomic E-state index is 11.2. The van der Waals surface area contributed by atoms with E-state index in [-0.39, 0.29) is 11.8 Å². The summed E-state index contributed by atoms with van der Waals surface area (Å²) < 4.78 is 5.35. The zero-order valence-electron chi connectivity index (χ0n) is 15.6. The number of nitrogens with one attached hydrogen (secondary N) is 1. The molecule has 0 fully saturated rings. The van der Waals surface area contributed by atoms with Crippen LogP contribution < -0.4 is 5.32 Å². The second kappa shape index (κ2) is 9.89. The molecule has 0 atom stereocenters. The van der Waals surface area contributed by atoms with E-state index in [1.165, 1.54) is 0 Å². The first kappa shape index (κ1) is 19.9. The van der Waals surface area contributed by atoms with Crippen LogP contribution in [0.2, 0.25) is 0 Å². The Hall–Kier alpha value is -2.44. The van der Waals surface area contributed by atoms with Crippen molar-refractivity contribution in [1.82, 2.24) is 15.1 Å². The fourth-order valence-corrected chi connectivity index (χ4v) is 3.01. The number of carboxylic acid groups (broad SMARTS) is 1. The van der Waals surface area contributed by atoms with Crippen LogP contribution in [-0.4, -0.2) is 32.7 Å². The summed E-state index contributed by atoms with van der Waals surface area (Å²) >= 11 is 0. The third-order valence-corrected chi connectivity index (χ3v) is 4.86. The van der Waals surface area contributed by atoms with E-state index < -0.39 is 5.97 Å². The van der Waals surface area contributed by atoms with Crippen molar-refractivity contribution in [1.29, 1.82) is 0 Å². The van der Waals surface area contributed by atoms with Crippen LogP contribution >= 0.6 is 0 Å². The van der Waals surface area contributed by atoms with Gasteiger partial charge in [0.2, 0.25) is 5.89 Å². The molecule has 0 aliphatic heterocycles. The van der Waals surface area contributed by atoms with Crippen molar-refractivity contribution in [3.63, 3.8) is 0 Å². The Morgan fingerprint density at radius 2 is 2.08 bits per heavy atom. The molecule has 0 amide bonds. The second-order valence-corrected chi connectivity index (χ2v) is 6.66. The normalized spacial score (nSPS) is 11.5. The van der Waals surface area contributed by atoms with Crippen molar-refractivity contribution in [2.45, 2.75) is 58.8 Å². The van der Waals surface area contributed by atoms with Crippen molar-refractivity contribution < 1.29 is 14.4 Å². The van der Waals surface area contributed by atoms with E-state index in [1.807, 2.05) is 32.0 Å². The van der Waals surface area contributed by atoms with Crippen LogP contribution in [0.3, 0.4) is 0 Å². The van der Waals surface area contributed by atoms with E-state index in [0.29, 0.717) is 18.1 Å². The molecule has 0 aliphatic rings. The summed E-state index contributed by atoms with van der Waals surface area (Å²) in [5, 5.41) is 16.5. The standard InChI is InChI=1S/C19H28N4O3/c1-3-19(4-2,14-18(24)25)13-17-22-16(23-26-17)10-6-8-12-21-15-9-5-7-11-20-15/h5,7,9,11H,3-4,6,8,10,12-14H2,1-2H3,(H,20,21)(H,24,25). The lowest BCUT2D eigenvalue weighted by molar-refractivity contribution is -0.140. The Kier molecular flexibility index (Phi) is 7.56.